The standard InChI is InChI=1S/C22H22N6O2S2/c1-12-11-32-21(25-12)17-4-3-6-28(17)22(29)16-9-14(19-27-26-18(30-19)13(2)23)8-15(10-16)20-24-5-7-31-20/h5,7-11,13,17H,3-4,6,23H2,1-2H3/t13-,17+/m0/s1. The summed E-state index contributed by atoms with van der Waals surface area (Å²) in [5.41, 5.74) is 8.93. The van der Waals surface area contributed by atoms with Gasteiger partial charge in [0.05, 0.1) is 12.1 Å². The number of benzene rings is 1. The van der Waals surface area contributed by atoms with Crippen molar-refractivity contribution in [3.05, 3.63) is 57.3 Å². The van der Waals surface area contributed by atoms with E-state index in [4.69, 9.17) is 10.2 Å². The quantitative estimate of drug-likeness (QED) is 0.457. The van der Waals surface area contributed by atoms with E-state index in [0.29, 0.717) is 29.5 Å². The third-order valence-electron chi connectivity index (χ3n) is 5.37. The first-order chi connectivity index (χ1) is 15.5. The molecule has 1 aliphatic rings. The fraction of sp³-hybridized carbons (Fsp3) is 0.318. The number of carbonyl (C=O) groups excluding carboxylic acids is 1. The Morgan fingerprint density at radius 2 is 2.09 bits per heavy atom. The highest BCUT2D eigenvalue weighted by Gasteiger charge is 2.33. The topological polar surface area (TPSA) is 111 Å². The average Bonchev–Trinajstić information content (AvgIpc) is 3.59. The summed E-state index contributed by atoms with van der Waals surface area (Å²) < 4.78 is 5.76. The van der Waals surface area contributed by atoms with Gasteiger partial charge in [0.15, 0.2) is 0 Å². The number of rotatable bonds is 5. The van der Waals surface area contributed by atoms with Crippen LogP contribution in [0.4, 0.5) is 0 Å². The van der Waals surface area contributed by atoms with Gasteiger partial charge in [-0.25, -0.2) is 9.97 Å². The van der Waals surface area contributed by atoms with Crippen LogP contribution in [0.5, 0.6) is 0 Å². The minimum atomic E-state index is -0.369. The zero-order valence-electron chi connectivity index (χ0n) is 17.7. The molecule has 164 valence electrons. The van der Waals surface area contributed by atoms with Gasteiger partial charge >= 0.3 is 0 Å². The summed E-state index contributed by atoms with van der Waals surface area (Å²) in [6.07, 6.45) is 3.62. The third kappa shape index (κ3) is 3.96. The number of aryl methyl sites for hydroxylation is 1. The fourth-order valence-electron chi connectivity index (χ4n) is 3.86. The number of hydrogen-bond donors (Lipinski definition) is 1. The molecule has 2 atom stereocenters. The molecule has 1 aromatic carbocycles. The molecule has 1 fully saturated rings. The Hall–Kier alpha value is -2.95. The smallest absolute Gasteiger partial charge is 0.254 e. The van der Waals surface area contributed by atoms with E-state index in [-0.39, 0.29) is 18.0 Å². The number of thiazole rings is 2. The van der Waals surface area contributed by atoms with Crippen molar-refractivity contribution in [1.29, 1.82) is 0 Å². The number of carbonyl (C=O) groups is 1. The van der Waals surface area contributed by atoms with Gasteiger partial charge in [-0.3, -0.25) is 4.79 Å². The van der Waals surface area contributed by atoms with Gasteiger partial charge < -0.3 is 15.1 Å². The number of nitrogens with zero attached hydrogens (tertiary/aromatic N) is 5. The number of hydrogen-bond acceptors (Lipinski definition) is 9. The lowest BCUT2D eigenvalue weighted by Crippen LogP contribution is -2.30. The number of nitrogens with two attached hydrogens (primary N) is 1. The maximum absolute atomic E-state index is 13.7. The van der Waals surface area contributed by atoms with E-state index in [9.17, 15) is 4.79 Å². The molecule has 0 radical (unpaired) electrons. The lowest BCUT2D eigenvalue weighted by Gasteiger charge is -2.23. The molecule has 4 heterocycles. The average molecular weight is 467 g/mol. The predicted octanol–water partition coefficient (Wildman–Crippen LogP) is 4.62. The van der Waals surface area contributed by atoms with Crippen molar-refractivity contribution in [3.8, 4) is 22.0 Å². The summed E-state index contributed by atoms with van der Waals surface area (Å²) in [6.45, 7) is 4.46. The molecule has 10 heteroatoms. The van der Waals surface area contributed by atoms with E-state index >= 15 is 0 Å². The minimum Gasteiger partial charge on any atom is -0.419 e. The third-order valence-corrected chi connectivity index (χ3v) is 7.26. The van der Waals surface area contributed by atoms with E-state index in [1.807, 2.05) is 34.7 Å². The van der Waals surface area contributed by atoms with Crippen LogP contribution in [-0.4, -0.2) is 37.5 Å². The lowest BCUT2D eigenvalue weighted by molar-refractivity contribution is 0.0735. The van der Waals surface area contributed by atoms with Gasteiger partial charge in [-0.2, -0.15) is 0 Å². The predicted molar refractivity (Wildman–Crippen MR) is 123 cm³/mol. The fourth-order valence-corrected chi connectivity index (χ4v) is 5.43. The van der Waals surface area contributed by atoms with E-state index in [1.54, 1.807) is 30.5 Å². The first-order valence-corrected chi connectivity index (χ1v) is 12.1. The second kappa shape index (κ2) is 8.53. The van der Waals surface area contributed by atoms with Crippen molar-refractivity contribution in [2.75, 3.05) is 6.54 Å². The molecule has 1 aliphatic heterocycles. The summed E-state index contributed by atoms with van der Waals surface area (Å²) in [7, 11) is 0. The normalized spacial score (nSPS) is 17.1. The number of amides is 1. The van der Waals surface area contributed by atoms with Gasteiger partial charge in [0.1, 0.15) is 10.0 Å². The van der Waals surface area contributed by atoms with E-state index in [1.165, 1.54) is 11.3 Å². The maximum atomic E-state index is 13.7. The highest BCUT2D eigenvalue weighted by Crippen LogP contribution is 2.36. The Kier molecular flexibility index (Phi) is 5.58. The molecule has 0 bridgehead atoms. The van der Waals surface area contributed by atoms with Crippen LogP contribution in [0, 0.1) is 6.92 Å². The SMILES string of the molecule is Cc1csc([C@H]2CCCN2C(=O)c2cc(-c3nnc([C@H](C)N)o3)cc(-c3nccs3)c2)n1. The molecule has 32 heavy (non-hydrogen) atoms. The minimum absolute atomic E-state index is 0.00117. The number of aromatic nitrogens is 4. The highest BCUT2D eigenvalue weighted by atomic mass is 32.1. The molecule has 0 saturated carbocycles. The molecule has 0 aliphatic carbocycles. The first kappa shape index (κ1) is 20.9. The Morgan fingerprint density at radius 1 is 1.25 bits per heavy atom. The second-order valence-corrected chi connectivity index (χ2v) is 9.64. The van der Waals surface area contributed by atoms with Gasteiger partial charge in [-0.15, -0.1) is 32.9 Å². The van der Waals surface area contributed by atoms with Crippen molar-refractivity contribution in [2.45, 2.75) is 38.8 Å². The van der Waals surface area contributed by atoms with Crippen molar-refractivity contribution in [3.63, 3.8) is 0 Å². The first-order valence-electron chi connectivity index (χ1n) is 10.4. The van der Waals surface area contributed by atoms with Crippen LogP contribution in [0.15, 0.2) is 39.6 Å². The van der Waals surface area contributed by atoms with Crippen LogP contribution < -0.4 is 5.73 Å². The van der Waals surface area contributed by atoms with Crippen LogP contribution in [0.25, 0.3) is 22.0 Å². The van der Waals surface area contributed by atoms with Crippen LogP contribution in [0.1, 0.15) is 58.8 Å². The Morgan fingerprint density at radius 3 is 2.78 bits per heavy atom. The monoisotopic (exact) mass is 466 g/mol. The maximum Gasteiger partial charge on any atom is 0.254 e. The molecular formula is C22H22N6O2S2. The van der Waals surface area contributed by atoms with Crippen molar-refractivity contribution >= 4 is 28.6 Å². The summed E-state index contributed by atoms with van der Waals surface area (Å²) in [5.74, 6) is 0.650. The largest absolute Gasteiger partial charge is 0.419 e. The van der Waals surface area contributed by atoms with Gasteiger partial charge in [0.2, 0.25) is 11.8 Å². The Bertz CT molecular complexity index is 1250. The number of likely N-dealkylation sites (tertiary alicyclic amines) is 1. The molecule has 0 unspecified atom stereocenters. The molecule has 8 nitrogen and oxygen atoms in total. The van der Waals surface area contributed by atoms with Gasteiger partial charge in [-0.05, 0) is 44.9 Å². The molecule has 3 aromatic heterocycles. The van der Waals surface area contributed by atoms with Crippen LogP contribution in [0.3, 0.4) is 0 Å². The van der Waals surface area contributed by atoms with Crippen molar-refractivity contribution in [2.24, 2.45) is 5.73 Å². The van der Waals surface area contributed by atoms with Crippen molar-refractivity contribution < 1.29 is 9.21 Å². The summed E-state index contributed by atoms with van der Waals surface area (Å²) >= 11 is 3.12. The summed E-state index contributed by atoms with van der Waals surface area (Å²) in [4.78, 5) is 24.6. The molecule has 2 N–H and O–H groups in total. The van der Waals surface area contributed by atoms with Crippen LogP contribution in [-0.2, 0) is 0 Å². The van der Waals surface area contributed by atoms with Crippen LogP contribution in [0.2, 0.25) is 0 Å². The molecule has 5 rings (SSSR count). The molecular weight excluding hydrogens is 444 g/mol. The van der Waals surface area contributed by atoms with E-state index in [0.717, 1.165) is 34.1 Å². The van der Waals surface area contributed by atoms with Gasteiger partial charge in [-0.1, -0.05) is 0 Å². The molecule has 1 amide bonds. The summed E-state index contributed by atoms with van der Waals surface area (Å²) in [5, 5.41) is 13.9. The Balaban J connectivity index is 1.55. The van der Waals surface area contributed by atoms with Gasteiger partial charge in [0, 0.05) is 45.9 Å². The van der Waals surface area contributed by atoms with E-state index < -0.39 is 0 Å². The highest BCUT2D eigenvalue weighted by molar-refractivity contribution is 7.13. The zero-order chi connectivity index (χ0) is 22.2. The Labute approximate surface area is 193 Å². The van der Waals surface area contributed by atoms with Gasteiger partial charge in [0.25, 0.3) is 5.91 Å². The molecule has 1 saturated heterocycles. The molecule has 0 spiro atoms. The van der Waals surface area contributed by atoms with E-state index in [2.05, 4.69) is 20.2 Å². The van der Waals surface area contributed by atoms with Crippen molar-refractivity contribution in [1.82, 2.24) is 25.1 Å². The second-order valence-electron chi connectivity index (χ2n) is 7.85. The molecule has 4 aromatic rings. The summed E-state index contributed by atoms with van der Waals surface area (Å²) in [6, 6.07) is 5.24. The lowest BCUT2D eigenvalue weighted by atomic mass is 10.0. The van der Waals surface area contributed by atoms with Crippen LogP contribution >= 0.6 is 22.7 Å². The zero-order valence-corrected chi connectivity index (χ0v) is 19.3.